The van der Waals surface area contributed by atoms with E-state index >= 15 is 0 Å². The van der Waals surface area contributed by atoms with E-state index in [1.165, 1.54) is 49.0 Å². The zero-order valence-electron chi connectivity index (χ0n) is 21.5. The Labute approximate surface area is 231 Å². The summed E-state index contributed by atoms with van der Waals surface area (Å²) in [4.78, 5) is 8.98. The number of aromatic nitrogens is 3. The van der Waals surface area contributed by atoms with Crippen molar-refractivity contribution < 1.29 is 0 Å². The highest BCUT2D eigenvalue weighted by atomic mass is 32.1. The SMILES string of the molecule is C=C/C=C\c1c(C)n(-c2cc(-c3ccccc3)cc(-c3ccccc3)c2)c2ccc3sc4cncnc4c3c12. The van der Waals surface area contributed by atoms with Crippen LogP contribution in [0, 0.1) is 6.92 Å². The lowest BCUT2D eigenvalue weighted by Crippen LogP contribution is -1.98. The molecule has 3 heterocycles. The van der Waals surface area contributed by atoms with Crippen molar-refractivity contribution in [2.24, 2.45) is 0 Å². The van der Waals surface area contributed by atoms with Crippen molar-refractivity contribution in [3.8, 4) is 27.9 Å². The van der Waals surface area contributed by atoms with Crippen LogP contribution in [-0.4, -0.2) is 14.5 Å². The molecule has 0 saturated heterocycles. The molecule has 0 amide bonds. The van der Waals surface area contributed by atoms with Crippen molar-refractivity contribution in [3.63, 3.8) is 0 Å². The van der Waals surface area contributed by atoms with Crippen LogP contribution < -0.4 is 0 Å². The Balaban J connectivity index is 1.59. The van der Waals surface area contributed by atoms with E-state index in [1.54, 1.807) is 17.7 Å². The molecule has 0 bridgehead atoms. The maximum absolute atomic E-state index is 4.71. The lowest BCUT2D eigenvalue weighted by molar-refractivity contribution is 1.05. The third-order valence-corrected chi connectivity index (χ3v) is 8.38. The smallest absolute Gasteiger partial charge is 0.116 e. The zero-order valence-corrected chi connectivity index (χ0v) is 22.3. The van der Waals surface area contributed by atoms with Crippen LogP contribution in [0.4, 0.5) is 0 Å². The molecule has 3 aromatic heterocycles. The molecule has 0 spiro atoms. The molecule has 0 unspecified atom stereocenters. The zero-order chi connectivity index (χ0) is 26.3. The number of allylic oxidation sites excluding steroid dienone is 2. The highest BCUT2D eigenvalue weighted by Crippen LogP contribution is 2.42. The summed E-state index contributed by atoms with van der Waals surface area (Å²) in [6.45, 7) is 6.13. The molecule has 186 valence electrons. The van der Waals surface area contributed by atoms with Gasteiger partial charge in [0.05, 0.1) is 15.7 Å². The predicted molar refractivity (Wildman–Crippen MR) is 167 cm³/mol. The van der Waals surface area contributed by atoms with Crippen LogP contribution in [0.3, 0.4) is 0 Å². The van der Waals surface area contributed by atoms with Crippen LogP contribution in [0.25, 0.3) is 65.2 Å². The van der Waals surface area contributed by atoms with Gasteiger partial charge in [-0.1, -0.05) is 85.5 Å². The Morgan fingerprint density at radius 3 is 2.13 bits per heavy atom. The fourth-order valence-electron chi connectivity index (χ4n) is 5.57. The predicted octanol–water partition coefficient (Wildman–Crippen LogP) is 9.63. The van der Waals surface area contributed by atoms with Crippen molar-refractivity contribution in [2.75, 3.05) is 0 Å². The topological polar surface area (TPSA) is 30.7 Å². The molecule has 0 fully saturated rings. The lowest BCUT2D eigenvalue weighted by Gasteiger charge is -2.14. The maximum Gasteiger partial charge on any atom is 0.116 e. The molecule has 0 atom stereocenters. The van der Waals surface area contributed by atoms with E-state index in [4.69, 9.17) is 4.98 Å². The van der Waals surface area contributed by atoms with E-state index in [0.717, 1.165) is 21.4 Å². The molecule has 0 saturated carbocycles. The summed E-state index contributed by atoms with van der Waals surface area (Å²) in [5.74, 6) is 0. The number of nitrogens with zero attached hydrogens (tertiary/aromatic N) is 3. The number of rotatable bonds is 5. The summed E-state index contributed by atoms with van der Waals surface area (Å²) in [5, 5.41) is 2.39. The van der Waals surface area contributed by atoms with Gasteiger partial charge in [0.1, 0.15) is 6.33 Å². The minimum atomic E-state index is 1.00. The first-order valence-electron chi connectivity index (χ1n) is 12.9. The third-order valence-electron chi connectivity index (χ3n) is 7.31. The van der Waals surface area contributed by atoms with Crippen LogP contribution in [0.15, 0.2) is 122 Å². The summed E-state index contributed by atoms with van der Waals surface area (Å²) in [7, 11) is 0. The Morgan fingerprint density at radius 2 is 1.46 bits per heavy atom. The van der Waals surface area contributed by atoms with Gasteiger partial charge in [-0.15, -0.1) is 11.3 Å². The van der Waals surface area contributed by atoms with Gasteiger partial charge < -0.3 is 4.57 Å². The number of fused-ring (bicyclic) bond motifs is 5. The van der Waals surface area contributed by atoms with Gasteiger partial charge in [0.15, 0.2) is 0 Å². The van der Waals surface area contributed by atoms with Crippen LogP contribution in [0.5, 0.6) is 0 Å². The van der Waals surface area contributed by atoms with E-state index < -0.39 is 0 Å². The summed E-state index contributed by atoms with van der Waals surface area (Å²) in [6.07, 6.45) is 9.58. The molecule has 0 radical (unpaired) electrons. The molecular formula is C35H25N3S. The molecule has 0 aliphatic rings. The van der Waals surface area contributed by atoms with Crippen molar-refractivity contribution in [1.29, 1.82) is 0 Å². The fraction of sp³-hybridized carbons (Fsp3) is 0.0286. The summed E-state index contributed by atoms with van der Waals surface area (Å²) < 4.78 is 4.70. The first-order valence-corrected chi connectivity index (χ1v) is 13.8. The first-order chi connectivity index (χ1) is 19.2. The van der Waals surface area contributed by atoms with Crippen LogP contribution in [-0.2, 0) is 0 Å². The second-order valence-electron chi connectivity index (χ2n) is 9.60. The molecule has 7 rings (SSSR count). The van der Waals surface area contributed by atoms with E-state index in [0.29, 0.717) is 0 Å². The highest BCUT2D eigenvalue weighted by molar-refractivity contribution is 7.25. The number of hydrogen-bond acceptors (Lipinski definition) is 3. The van der Waals surface area contributed by atoms with E-state index in [2.05, 4.69) is 120 Å². The van der Waals surface area contributed by atoms with Gasteiger partial charge in [0, 0.05) is 38.6 Å². The third kappa shape index (κ3) is 3.89. The van der Waals surface area contributed by atoms with Gasteiger partial charge in [0.25, 0.3) is 0 Å². The molecule has 0 N–H and O–H groups in total. The average molecular weight is 520 g/mol. The van der Waals surface area contributed by atoms with Gasteiger partial charge in [-0.2, -0.15) is 0 Å². The lowest BCUT2D eigenvalue weighted by atomic mass is 9.98. The van der Waals surface area contributed by atoms with Gasteiger partial charge >= 0.3 is 0 Å². The molecular weight excluding hydrogens is 494 g/mol. The first kappa shape index (κ1) is 23.3. The molecule has 7 aromatic rings. The highest BCUT2D eigenvalue weighted by Gasteiger charge is 2.20. The minimum Gasteiger partial charge on any atom is -0.313 e. The molecule has 0 aliphatic carbocycles. The fourth-order valence-corrected chi connectivity index (χ4v) is 6.61. The van der Waals surface area contributed by atoms with Crippen LogP contribution in [0.2, 0.25) is 0 Å². The summed E-state index contributed by atoms with van der Waals surface area (Å²) in [6, 6.07) is 32.6. The Morgan fingerprint density at radius 1 is 0.769 bits per heavy atom. The standard InChI is InChI=1S/C35H25N3S/c1-3-4-15-29-23(2)38(30-16-17-31-34(33(29)30)35-32(39-31)21-36-22-37-35)28-19-26(24-11-7-5-8-12-24)18-27(20-28)25-13-9-6-10-14-25/h3-22H,1H2,2H3/b15-4-. The second-order valence-corrected chi connectivity index (χ2v) is 10.7. The largest absolute Gasteiger partial charge is 0.313 e. The number of benzene rings is 4. The van der Waals surface area contributed by atoms with E-state index in [9.17, 15) is 0 Å². The molecule has 4 heteroatoms. The summed E-state index contributed by atoms with van der Waals surface area (Å²) >= 11 is 1.74. The molecule has 0 aliphatic heterocycles. The summed E-state index contributed by atoms with van der Waals surface area (Å²) in [5.41, 5.74) is 10.4. The van der Waals surface area contributed by atoms with Crippen LogP contribution >= 0.6 is 11.3 Å². The van der Waals surface area contributed by atoms with Gasteiger partial charge in [-0.05, 0) is 59.5 Å². The molecule has 3 nitrogen and oxygen atoms in total. The molecule has 4 aromatic carbocycles. The van der Waals surface area contributed by atoms with Crippen molar-refractivity contribution >= 4 is 48.6 Å². The van der Waals surface area contributed by atoms with E-state index in [1.807, 2.05) is 18.3 Å². The van der Waals surface area contributed by atoms with Gasteiger partial charge in [-0.3, -0.25) is 0 Å². The Kier molecular flexibility index (Phi) is 5.68. The van der Waals surface area contributed by atoms with Crippen molar-refractivity contribution in [1.82, 2.24) is 14.5 Å². The van der Waals surface area contributed by atoms with Crippen molar-refractivity contribution in [3.05, 3.63) is 134 Å². The van der Waals surface area contributed by atoms with Gasteiger partial charge in [0.2, 0.25) is 0 Å². The van der Waals surface area contributed by atoms with Crippen molar-refractivity contribution in [2.45, 2.75) is 6.92 Å². The monoisotopic (exact) mass is 519 g/mol. The Bertz CT molecular complexity index is 1970. The molecule has 39 heavy (non-hydrogen) atoms. The quantitative estimate of drug-likeness (QED) is 0.212. The Hall–Kier alpha value is -4.80. The number of hydrogen-bond donors (Lipinski definition) is 0. The van der Waals surface area contributed by atoms with Gasteiger partial charge in [-0.25, -0.2) is 9.97 Å². The van der Waals surface area contributed by atoms with Crippen LogP contribution in [0.1, 0.15) is 11.3 Å². The second kappa shape index (κ2) is 9.50. The normalized spacial score (nSPS) is 11.7. The number of thiophene rings is 1. The van der Waals surface area contributed by atoms with E-state index in [-0.39, 0.29) is 0 Å². The maximum atomic E-state index is 4.71. The minimum absolute atomic E-state index is 1.00. The average Bonchev–Trinajstić information content (AvgIpc) is 3.51.